The summed E-state index contributed by atoms with van der Waals surface area (Å²) in [6.45, 7) is 12.2. The van der Waals surface area contributed by atoms with Crippen molar-refractivity contribution in [2.75, 3.05) is 13.2 Å². The van der Waals surface area contributed by atoms with E-state index >= 15 is 0 Å². The third-order valence-corrected chi connectivity index (χ3v) is 5.23. The second-order valence-corrected chi connectivity index (χ2v) is 6.78. The van der Waals surface area contributed by atoms with Crippen molar-refractivity contribution in [3.05, 3.63) is 24.3 Å². The highest BCUT2D eigenvalue weighted by Crippen LogP contribution is 2.40. The Labute approximate surface area is 150 Å². The minimum absolute atomic E-state index is 0.00356. The molecule has 0 saturated heterocycles. The summed E-state index contributed by atoms with van der Waals surface area (Å²) in [7, 11) is 0. The number of esters is 2. The second-order valence-electron chi connectivity index (χ2n) is 6.78. The zero-order chi connectivity index (χ0) is 18.4. The first-order valence-corrected chi connectivity index (χ1v) is 9.36. The molecule has 2 fully saturated rings. The number of hydrogen-bond acceptors (Lipinski definition) is 5. The molecule has 0 aromatic rings. The van der Waals surface area contributed by atoms with Crippen molar-refractivity contribution in [1.29, 1.82) is 0 Å². The van der Waals surface area contributed by atoms with Crippen LogP contribution in [-0.4, -0.2) is 37.4 Å². The normalized spacial score (nSPS) is 28.6. The molecule has 5 heteroatoms. The van der Waals surface area contributed by atoms with Crippen molar-refractivity contribution in [3.8, 4) is 0 Å². The maximum Gasteiger partial charge on any atom is 0.333 e. The van der Waals surface area contributed by atoms with Crippen molar-refractivity contribution in [2.24, 2.45) is 11.8 Å². The lowest BCUT2D eigenvalue weighted by Crippen LogP contribution is -2.32. The monoisotopic (exact) mass is 350 g/mol. The number of carbonyl (C=O) groups is 2. The van der Waals surface area contributed by atoms with Gasteiger partial charge in [-0.3, -0.25) is 0 Å². The van der Waals surface area contributed by atoms with Crippen LogP contribution in [-0.2, 0) is 23.8 Å². The van der Waals surface area contributed by atoms with Gasteiger partial charge in [0.2, 0.25) is 0 Å². The van der Waals surface area contributed by atoms with Crippen LogP contribution in [0.25, 0.3) is 0 Å². The molecule has 5 nitrogen and oxygen atoms in total. The molecule has 2 aliphatic carbocycles. The predicted molar refractivity (Wildman–Crippen MR) is 94.9 cm³/mol. The number of hydrogen-bond donors (Lipinski definition) is 0. The maximum absolute atomic E-state index is 12.0. The molecule has 4 atom stereocenters. The molecule has 2 rings (SSSR count). The van der Waals surface area contributed by atoms with Crippen LogP contribution in [0.4, 0.5) is 0 Å². The quantitative estimate of drug-likeness (QED) is 0.495. The van der Waals surface area contributed by atoms with Gasteiger partial charge in [-0.15, -0.1) is 0 Å². The lowest BCUT2D eigenvalue weighted by molar-refractivity contribution is -0.140. The molecule has 0 radical (unpaired) electrons. The Kier molecular flexibility index (Phi) is 7.24. The predicted octanol–water partition coefficient (Wildman–Crippen LogP) is 3.58. The van der Waals surface area contributed by atoms with E-state index in [4.69, 9.17) is 14.2 Å². The summed E-state index contributed by atoms with van der Waals surface area (Å²) in [4.78, 5) is 24.0. The summed E-state index contributed by atoms with van der Waals surface area (Å²) < 4.78 is 16.5. The molecule has 0 aromatic heterocycles. The minimum Gasteiger partial charge on any atom is -0.463 e. The highest BCUT2D eigenvalue weighted by molar-refractivity contribution is 5.89. The molecule has 0 aromatic carbocycles. The van der Waals surface area contributed by atoms with Crippen LogP contribution in [0.1, 0.15) is 52.4 Å². The first kappa shape index (κ1) is 19.7. The van der Waals surface area contributed by atoms with E-state index in [9.17, 15) is 9.59 Å². The molecular weight excluding hydrogens is 320 g/mol. The highest BCUT2D eigenvalue weighted by Gasteiger charge is 2.39. The smallest absolute Gasteiger partial charge is 0.333 e. The average Bonchev–Trinajstić information content (AvgIpc) is 3.23. The fourth-order valence-corrected chi connectivity index (χ4v) is 3.95. The number of carbonyl (C=O) groups excluding carboxylic acids is 2. The lowest BCUT2D eigenvalue weighted by atomic mass is 9.94. The SMILES string of the molecule is C=C(C(=O)OCC)[C@H]1CCC[C@H]1O[C@H]1CCC[C@H]1C(=C)C(=O)OCC. The van der Waals surface area contributed by atoms with E-state index < -0.39 is 0 Å². The Balaban J connectivity index is 1.99. The van der Waals surface area contributed by atoms with E-state index in [0.29, 0.717) is 24.4 Å². The Morgan fingerprint density at radius 2 is 1.20 bits per heavy atom. The van der Waals surface area contributed by atoms with E-state index in [1.807, 2.05) is 0 Å². The second kappa shape index (κ2) is 9.18. The summed E-state index contributed by atoms with van der Waals surface area (Å²) in [6.07, 6.45) is 5.50. The van der Waals surface area contributed by atoms with Crippen LogP contribution >= 0.6 is 0 Å². The van der Waals surface area contributed by atoms with Crippen LogP contribution in [0.15, 0.2) is 24.3 Å². The van der Waals surface area contributed by atoms with Gasteiger partial charge in [0.05, 0.1) is 25.4 Å². The highest BCUT2D eigenvalue weighted by atomic mass is 16.5. The van der Waals surface area contributed by atoms with E-state index in [0.717, 1.165) is 38.5 Å². The first-order valence-electron chi connectivity index (χ1n) is 9.36. The topological polar surface area (TPSA) is 61.8 Å². The molecule has 0 bridgehead atoms. The van der Waals surface area contributed by atoms with Crippen molar-refractivity contribution in [1.82, 2.24) is 0 Å². The molecule has 0 spiro atoms. The molecule has 2 saturated carbocycles. The largest absolute Gasteiger partial charge is 0.463 e. The summed E-state index contributed by atoms with van der Waals surface area (Å²) >= 11 is 0. The Hall–Kier alpha value is -1.62. The summed E-state index contributed by atoms with van der Waals surface area (Å²) in [5, 5.41) is 0. The number of ether oxygens (including phenoxy) is 3. The summed E-state index contributed by atoms with van der Waals surface area (Å²) in [5.74, 6) is -0.670. The standard InChI is InChI=1S/C20H30O5/c1-5-23-19(21)13(3)15-9-7-11-17(15)25-18-12-8-10-16(18)14(4)20(22)24-6-2/h15-18H,3-12H2,1-2H3/t15-,16+,17-,18+. The first-order chi connectivity index (χ1) is 12.0. The summed E-state index contributed by atoms with van der Waals surface area (Å²) in [5.41, 5.74) is 1.01. The molecular formula is C20H30O5. The van der Waals surface area contributed by atoms with Crippen molar-refractivity contribution >= 4 is 11.9 Å². The van der Waals surface area contributed by atoms with Gasteiger partial charge in [-0.05, 0) is 39.5 Å². The van der Waals surface area contributed by atoms with Gasteiger partial charge in [0.1, 0.15) is 0 Å². The minimum atomic E-state index is -0.332. The molecule has 0 aliphatic heterocycles. The van der Waals surface area contributed by atoms with Crippen molar-refractivity contribution in [3.63, 3.8) is 0 Å². The molecule has 0 N–H and O–H groups in total. The Morgan fingerprint density at radius 3 is 1.56 bits per heavy atom. The van der Waals surface area contributed by atoms with Crippen molar-refractivity contribution in [2.45, 2.75) is 64.6 Å². The molecule has 140 valence electrons. The van der Waals surface area contributed by atoms with Gasteiger partial charge in [-0.2, -0.15) is 0 Å². The molecule has 2 aliphatic rings. The molecule has 25 heavy (non-hydrogen) atoms. The van der Waals surface area contributed by atoms with Crippen molar-refractivity contribution < 1.29 is 23.8 Å². The fourth-order valence-electron chi connectivity index (χ4n) is 3.95. The third-order valence-electron chi connectivity index (χ3n) is 5.23. The average molecular weight is 350 g/mol. The van der Waals surface area contributed by atoms with Crippen LogP contribution in [0.5, 0.6) is 0 Å². The van der Waals surface area contributed by atoms with Gasteiger partial charge in [-0.1, -0.05) is 26.0 Å². The van der Waals surface area contributed by atoms with E-state index in [-0.39, 0.29) is 36.0 Å². The Morgan fingerprint density at radius 1 is 0.800 bits per heavy atom. The Bertz CT molecular complexity index is 478. The third kappa shape index (κ3) is 4.72. The van der Waals surface area contributed by atoms with E-state index in [2.05, 4.69) is 13.2 Å². The lowest BCUT2D eigenvalue weighted by Gasteiger charge is -2.28. The summed E-state index contributed by atoms with van der Waals surface area (Å²) in [6, 6.07) is 0. The van der Waals surface area contributed by atoms with Crippen LogP contribution in [0, 0.1) is 11.8 Å². The van der Waals surface area contributed by atoms with Crippen LogP contribution in [0.3, 0.4) is 0 Å². The van der Waals surface area contributed by atoms with Gasteiger partial charge in [0.15, 0.2) is 0 Å². The molecule has 0 heterocycles. The zero-order valence-electron chi connectivity index (χ0n) is 15.4. The van der Waals surface area contributed by atoms with Gasteiger partial charge in [0.25, 0.3) is 0 Å². The van der Waals surface area contributed by atoms with Gasteiger partial charge < -0.3 is 14.2 Å². The molecule has 0 unspecified atom stereocenters. The number of rotatable bonds is 8. The van der Waals surface area contributed by atoms with Crippen LogP contribution in [0.2, 0.25) is 0 Å². The van der Waals surface area contributed by atoms with Crippen LogP contribution < -0.4 is 0 Å². The van der Waals surface area contributed by atoms with Gasteiger partial charge >= 0.3 is 11.9 Å². The van der Waals surface area contributed by atoms with E-state index in [1.54, 1.807) is 13.8 Å². The van der Waals surface area contributed by atoms with E-state index in [1.165, 1.54) is 0 Å². The molecule has 0 amide bonds. The maximum atomic E-state index is 12.0. The van der Waals surface area contributed by atoms with Gasteiger partial charge in [-0.25, -0.2) is 9.59 Å². The fraction of sp³-hybridized carbons (Fsp3) is 0.700. The zero-order valence-corrected chi connectivity index (χ0v) is 15.4. The van der Waals surface area contributed by atoms with Gasteiger partial charge in [0, 0.05) is 23.0 Å².